The van der Waals surface area contributed by atoms with Gasteiger partial charge < -0.3 is 5.32 Å². The zero-order chi connectivity index (χ0) is 18.4. The molecule has 0 bridgehead atoms. The van der Waals surface area contributed by atoms with Crippen molar-refractivity contribution in [1.29, 1.82) is 0 Å². The Balaban J connectivity index is 1.67. The first-order valence-corrected chi connectivity index (χ1v) is 9.82. The van der Waals surface area contributed by atoms with Crippen LogP contribution in [0.15, 0.2) is 36.4 Å². The highest BCUT2D eigenvalue weighted by Crippen LogP contribution is 2.25. The normalized spacial score (nSPS) is 16.6. The number of aromatic nitrogens is 2. The zero-order valence-electron chi connectivity index (χ0n) is 15.9. The van der Waals surface area contributed by atoms with Crippen molar-refractivity contribution in [2.45, 2.75) is 64.0 Å². The minimum Gasteiger partial charge on any atom is -0.308 e. The van der Waals surface area contributed by atoms with Gasteiger partial charge in [-0.15, -0.1) is 0 Å². The monoisotopic (exact) mass is 354 g/mol. The third-order valence-electron chi connectivity index (χ3n) is 5.42. The molecule has 0 unspecified atom stereocenters. The van der Waals surface area contributed by atoms with Crippen molar-refractivity contribution in [1.82, 2.24) is 15.1 Å². The van der Waals surface area contributed by atoms with E-state index < -0.39 is 0 Å². The number of hydrogen-bond donors (Lipinski definition) is 2. The molecule has 1 atom stereocenters. The van der Waals surface area contributed by atoms with E-state index in [1.165, 1.54) is 32.1 Å². The highest BCUT2D eigenvalue weighted by Gasteiger charge is 2.29. The summed E-state index contributed by atoms with van der Waals surface area (Å²) in [6, 6.07) is 12.3. The number of carbonyl (C=O) groups excluding carboxylic acids is 1. The van der Waals surface area contributed by atoms with E-state index in [1.54, 1.807) is 0 Å². The lowest BCUT2D eigenvalue weighted by molar-refractivity contribution is -0.122. The maximum absolute atomic E-state index is 12.9. The Morgan fingerprint density at radius 1 is 1.27 bits per heavy atom. The van der Waals surface area contributed by atoms with E-state index in [4.69, 9.17) is 0 Å². The number of anilines is 1. The van der Waals surface area contributed by atoms with Crippen molar-refractivity contribution in [3.63, 3.8) is 0 Å². The van der Waals surface area contributed by atoms with Gasteiger partial charge in [0, 0.05) is 12.1 Å². The van der Waals surface area contributed by atoms with Gasteiger partial charge in [-0.3, -0.25) is 14.8 Å². The summed E-state index contributed by atoms with van der Waals surface area (Å²) in [4.78, 5) is 15.2. The van der Waals surface area contributed by atoms with Gasteiger partial charge in [-0.2, -0.15) is 5.10 Å². The predicted octanol–water partition coefficient (Wildman–Crippen LogP) is 4.45. The summed E-state index contributed by atoms with van der Waals surface area (Å²) in [6.07, 6.45) is 8.13. The van der Waals surface area contributed by atoms with Crippen molar-refractivity contribution in [2.24, 2.45) is 0 Å². The number of rotatable bonds is 7. The lowest BCUT2D eigenvalue weighted by Crippen LogP contribution is -2.47. The first-order chi connectivity index (χ1) is 12.7. The van der Waals surface area contributed by atoms with Gasteiger partial charge >= 0.3 is 0 Å². The zero-order valence-corrected chi connectivity index (χ0v) is 15.9. The molecule has 1 saturated carbocycles. The summed E-state index contributed by atoms with van der Waals surface area (Å²) in [5.74, 6) is 0.637. The maximum Gasteiger partial charge on any atom is 0.242 e. The van der Waals surface area contributed by atoms with Crippen LogP contribution < -0.4 is 5.32 Å². The standard InChI is InChI=1S/C21H30N4O/c1-3-10-19(25(2)17-13-8-5-9-14-17)21(26)22-20-15-18(23-24-20)16-11-6-4-7-12-16/h4,6-7,11-12,15,17,19H,3,5,8-10,13-14H2,1-2H3,(H2,22,23,24,26)/t19-/m0/s1. The Kier molecular flexibility index (Phi) is 6.45. The summed E-state index contributed by atoms with van der Waals surface area (Å²) >= 11 is 0. The van der Waals surface area contributed by atoms with Crippen LogP contribution in [0.25, 0.3) is 11.3 Å². The Morgan fingerprint density at radius 2 is 2.00 bits per heavy atom. The van der Waals surface area contributed by atoms with E-state index in [9.17, 15) is 4.79 Å². The van der Waals surface area contributed by atoms with Gasteiger partial charge in [-0.05, 0) is 31.9 Å². The summed E-state index contributed by atoms with van der Waals surface area (Å²) in [6.45, 7) is 2.14. The molecular weight excluding hydrogens is 324 g/mol. The molecule has 0 spiro atoms. The number of amides is 1. The van der Waals surface area contributed by atoms with Crippen LogP contribution in [-0.4, -0.2) is 40.1 Å². The first-order valence-electron chi connectivity index (χ1n) is 9.82. The summed E-state index contributed by atoms with van der Waals surface area (Å²) in [5.41, 5.74) is 1.97. The number of nitrogens with one attached hydrogen (secondary N) is 2. The van der Waals surface area contributed by atoms with E-state index in [0.717, 1.165) is 24.1 Å². The van der Waals surface area contributed by atoms with Gasteiger partial charge in [0.05, 0.1) is 11.7 Å². The molecule has 1 amide bonds. The fraction of sp³-hybridized carbons (Fsp3) is 0.524. The van der Waals surface area contributed by atoms with Crippen LogP contribution in [0.2, 0.25) is 0 Å². The van der Waals surface area contributed by atoms with E-state index in [1.807, 2.05) is 36.4 Å². The van der Waals surface area contributed by atoms with Crippen LogP contribution >= 0.6 is 0 Å². The largest absolute Gasteiger partial charge is 0.308 e. The number of hydrogen-bond acceptors (Lipinski definition) is 3. The van der Waals surface area contributed by atoms with E-state index in [0.29, 0.717) is 11.9 Å². The van der Waals surface area contributed by atoms with Crippen molar-refractivity contribution in [3.8, 4) is 11.3 Å². The lowest BCUT2D eigenvalue weighted by Gasteiger charge is -2.36. The summed E-state index contributed by atoms with van der Waals surface area (Å²) in [7, 11) is 2.11. The van der Waals surface area contributed by atoms with Crippen LogP contribution in [0.5, 0.6) is 0 Å². The van der Waals surface area contributed by atoms with E-state index in [-0.39, 0.29) is 11.9 Å². The second kappa shape index (κ2) is 8.99. The van der Waals surface area contributed by atoms with Crippen LogP contribution in [0.4, 0.5) is 5.82 Å². The summed E-state index contributed by atoms with van der Waals surface area (Å²) < 4.78 is 0. The smallest absolute Gasteiger partial charge is 0.242 e. The molecule has 5 heteroatoms. The molecule has 1 aliphatic carbocycles. The Labute approximate surface area is 156 Å². The molecule has 2 aromatic rings. The predicted molar refractivity (Wildman–Crippen MR) is 106 cm³/mol. The average Bonchev–Trinajstić information content (AvgIpc) is 3.15. The molecule has 2 N–H and O–H groups in total. The van der Waals surface area contributed by atoms with Crippen molar-refractivity contribution < 1.29 is 4.79 Å². The molecule has 1 aliphatic rings. The highest BCUT2D eigenvalue weighted by molar-refractivity contribution is 5.94. The number of nitrogens with zero attached hydrogens (tertiary/aromatic N) is 2. The molecule has 26 heavy (non-hydrogen) atoms. The molecule has 3 rings (SSSR count). The first kappa shape index (κ1) is 18.6. The minimum atomic E-state index is -0.0972. The minimum absolute atomic E-state index is 0.0473. The molecule has 0 saturated heterocycles. The van der Waals surface area contributed by atoms with Crippen LogP contribution in [0, 0.1) is 0 Å². The van der Waals surface area contributed by atoms with E-state index in [2.05, 4.69) is 34.4 Å². The van der Waals surface area contributed by atoms with Gasteiger partial charge in [-0.1, -0.05) is 62.9 Å². The maximum atomic E-state index is 12.9. The molecule has 1 aromatic carbocycles. The van der Waals surface area contributed by atoms with Crippen molar-refractivity contribution >= 4 is 11.7 Å². The topological polar surface area (TPSA) is 61.0 Å². The fourth-order valence-electron chi connectivity index (χ4n) is 3.90. The molecule has 1 aromatic heterocycles. The third-order valence-corrected chi connectivity index (χ3v) is 5.42. The van der Waals surface area contributed by atoms with Gasteiger partial charge in [0.15, 0.2) is 5.82 Å². The van der Waals surface area contributed by atoms with Gasteiger partial charge in [0.2, 0.25) is 5.91 Å². The van der Waals surface area contributed by atoms with Crippen molar-refractivity contribution in [2.75, 3.05) is 12.4 Å². The van der Waals surface area contributed by atoms with Crippen LogP contribution in [0.1, 0.15) is 51.9 Å². The molecule has 140 valence electrons. The van der Waals surface area contributed by atoms with E-state index >= 15 is 0 Å². The van der Waals surface area contributed by atoms with Gasteiger partial charge in [0.1, 0.15) is 0 Å². The number of benzene rings is 1. The van der Waals surface area contributed by atoms with Crippen LogP contribution in [0.3, 0.4) is 0 Å². The average molecular weight is 354 g/mol. The number of H-pyrrole nitrogens is 1. The molecule has 1 heterocycles. The molecule has 0 aliphatic heterocycles. The second-order valence-electron chi connectivity index (χ2n) is 7.28. The van der Waals surface area contributed by atoms with Gasteiger partial charge in [0.25, 0.3) is 0 Å². The SMILES string of the molecule is CCC[C@@H](C(=O)Nc1cc(-c2ccccc2)[nH]n1)N(C)C1CCCCC1. The number of aromatic amines is 1. The molecule has 5 nitrogen and oxygen atoms in total. The second-order valence-corrected chi connectivity index (χ2v) is 7.28. The summed E-state index contributed by atoms with van der Waals surface area (Å²) in [5, 5.41) is 10.3. The lowest BCUT2D eigenvalue weighted by atomic mass is 9.93. The molecule has 0 radical (unpaired) electrons. The highest BCUT2D eigenvalue weighted by atomic mass is 16.2. The number of likely N-dealkylation sites (N-methyl/N-ethyl adjacent to an activating group) is 1. The molecular formula is C21H30N4O. The fourth-order valence-corrected chi connectivity index (χ4v) is 3.90. The third kappa shape index (κ3) is 4.52. The Morgan fingerprint density at radius 3 is 2.69 bits per heavy atom. The quantitative estimate of drug-likeness (QED) is 0.772. The number of carbonyl (C=O) groups is 1. The van der Waals surface area contributed by atoms with Gasteiger partial charge in [-0.25, -0.2) is 0 Å². The molecule has 1 fully saturated rings. The Hall–Kier alpha value is -2.14. The van der Waals surface area contributed by atoms with Crippen LogP contribution in [-0.2, 0) is 4.79 Å². The van der Waals surface area contributed by atoms with Crippen molar-refractivity contribution in [3.05, 3.63) is 36.4 Å². The Bertz CT molecular complexity index is 691.